The number of anilines is 1. The van der Waals surface area contributed by atoms with Gasteiger partial charge in [0.05, 0.1) is 0 Å². The van der Waals surface area contributed by atoms with E-state index >= 15 is 0 Å². The molecular formula is C16H18Cl2N4O2S. The third-order valence-electron chi connectivity index (χ3n) is 4.07. The van der Waals surface area contributed by atoms with Gasteiger partial charge in [0.1, 0.15) is 5.69 Å². The molecule has 0 bridgehead atoms. The second kappa shape index (κ2) is 7.05. The number of benzene rings is 1. The van der Waals surface area contributed by atoms with Crippen molar-refractivity contribution in [1.82, 2.24) is 15.2 Å². The van der Waals surface area contributed by atoms with Gasteiger partial charge in [-0.2, -0.15) is 4.98 Å². The number of piperidine rings is 1. The number of hydrogen-bond acceptors (Lipinski definition) is 6. The summed E-state index contributed by atoms with van der Waals surface area (Å²) in [5.74, 6) is 0.988. The number of nitrogens with zero attached hydrogens (tertiary/aromatic N) is 4. The Kier molecular flexibility index (Phi) is 5.18. The highest BCUT2D eigenvalue weighted by atomic mass is 35.5. The van der Waals surface area contributed by atoms with Crippen LogP contribution in [0.3, 0.4) is 0 Å². The highest BCUT2D eigenvalue weighted by Gasteiger charge is 2.25. The average molecular weight is 401 g/mol. The van der Waals surface area contributed by atoms with Crippen molar-refractivity contribution in [3.05, 3.63) is 28.2 Å². The molecule has 6 nitrogen and oxygen atoms in total. The summed E-state index contributed by atoms with van der Waals surface area (Å²) >= 11 is 12.2. The summed E-state index contributed by atoms with van der Waals surface area (Å²) < 4.78 is 23.7. The second-order valence-electron chi connectivity index (χ2n) is 6.39. The van der Waals surface area contributed by atoms with Crippen LogP contribution in [0.4, 0.5) is 5.82 Å². The Hall–Kier alpha value is -1.44. The van der Waals surface area contributed by atoms with Crippen molar-refractivity contribution >= 4 is 38.9 Å². The van der Waals surface area contributed by atoms with Crippen LogP contribution in [0.5, 0.6) is 0 Å². The molecule has 2 aromatic rings. The summed E-state index contributed by atoms with van der Waals surface area (Å²) in [5.41, 5.74) is 1.14. The molecule has 0 saturated carbocycles. The van der Waals surface area contributed by atoms with Gasteiger partial charge >= 0.3 is 0 Å². The van der Waals surface area contributed by atoms with Crippen LogP contribution >= 0.6 is 23.2 Å². The fourth-order valence-corrected chi connectivity index (χ4v) is 3.91. The first-order chi connectivity index (χ1) is 11.7. The zero-order chi connectivity index (χ0) is 18.2. The Balaban J connectivity index is 2.16. The Labute approximate surface area is 157 Å². The first kappa shape index (κ1) is 18.4. The average Bonchev–Trinajstić information content (AvgIpc) is 2.52. The quantitative estimate of drug-likeness (QED) is 0.784. The first-order valence-corrected chi connectivity index (χ1v) is 10.5. The molecule has 0 spiro atoms. The van der Waals surface area contributed by atoms with E-state index in [1.807, 2.05) is 0 Å². The van der Waals surface area contributed by atoms with E-state index in [2.05, 4.69) is 27.0 Å². The van der Waals surface area contributed by atoms with Crippen molar-refractivity contribution in [3.8, 4) is 11.3 Å². The molecule has 25 heavy (non-hydrogen) atoms. The van der Waals surface area contributed by atoms with Crippen molar-refractivity contribution in [2.45, 2.75) is 24.9 Å². The Morgan fingerprint density at radius 3 is 2.44 bits per heavy atom. The molecule has 9 heteroatoms. The minimum Gasteiger partial charge on any atom is -0.354 e. The fraction of sp³-hybridized carbons (Fsp3) is 0.438. The van der Waals surface area contributed by atoms with Gasteiger partial charge in [0, 0.05) is 35.0 Å². The zero-order valence-corrected chi connectivity index (χ0v) is 16.2. The Morgan fingerprint density at radius 2 is 1.84 bits per heavy atom. The van der Waals surface area contributed by atoms with Crippen LogP contribution in [0.15, 0.2) is 23.4 Å². The third-order valence-corrected chi connectivity index (χ3v) is 5.35. The maximum atomic E-state index is 11.9. The van der Waals surface area contributed by atoms with Gasteiger partial charge in [0.15, 0.2) is 5.82 Å². The molecule has 2 heterocycles. The Bertz CT molecular complexity index is 885. The number of aromatic nitrogens is 3. The molecule has 1 aromatic carbocycles. The van der Waals surface area contributed by atoms with Gasteiger partial charge in [-0.3, -0.25) is 0 Å². The van der Waals surface area contributed by atoms with E-state index in [0.717, 1.165) is 32.2 Å². The van der Waals surface area contributed by atoms with E-state index in [0.29, 0.717) is 33.0 Å². The molecule has 0 radical (unpaired) electrons. The summed E-state index contributed by atoms with van der Waals surface area (Å²) in [5, 5.41) is 8.60. The van der Waals surface area contributed by atoms with E-state index in [-0.39, 0.29) is 5.16 Å². The molecule has 0 amide bonds. The predicted octanol–water partition coefficient (Wildman–Crippen LogP) is 3.49. The number of hydrogen-bond donors (Lipinski definition) is 0. The molecule has 1 saturated heterocycles. The zero-order valence-electron chi connectivity index (χ0n) is 13.9. The molecule has 1 unspecified atom stereocenters. The van der Waals surface area contributed by atoms with Crippen molar-refractivity contribution in [2.24, 2.45) is 5.92 Å². The largest absolute Gasteiger partial charge is 0.354 e. The topological polar surface area (TPSA) is 76.1 Å². The fourth-order valence-electron chi connectivity index (χ4n) is 2.94. The van der Waals surface area contributed by atoms with Gasteiger partial charge in [-0.15, -0.1) is 10.2 Å². The highest BCUT2D eigenvalue weighted by molar-refractivity contribution is 7.90. The van der Waals surface area contributed by atoms with Gasteiger partial charge in [-0.05, 0) is 37.0 Å². The number of halogens is 2. The molecule has 1 aliphatic rings. The van der Waals surface area contributed by atoms with E-state index in [4.69, 9.17) is 23.2 Å². The van der Waals surface area contributed by atoms with Crippen LogP contribution in [0.25, 0.3) is 11.3 Å². The number of sulfone groups is 1. The molecule has 1 aliphatic heterocycles. The molecule has 1 aromatic heterocycles. The van der Waals surface area contributed by atoms with Gasteiger partial charge < -0.3 is 4.90 Å². The van der Waals surface area contributed by atoms with Crippen molar-refractivity contribution in [3.63, 3.8) is 0 Å². The minimum absolute atomic E-state index is 0.280. The first-order valence-electron chi connectivity index (χ1n) is 7.90. The molecule has 134 valence electrons. The van der Waals surface area contributed by atoms with Crippen LogP contribution in [0.1, 0.15) is 19.8 Å². The molecule has 1 fully saturated rings. The number of rotatable bonds is 3. The molecule has 3 rings (SSSR count). The minimum atomic E-state index is -3.56. The lowest BCUT2D eigenvalue weighted by molar-refractivity contribution is 0.443. The standard InChI is InChI=1S/C16H18Cl2N4O2S/c1-10-4-3-5-22(9-10)15-14(11-6-12(17)8-13(18)7-11)20-21-16(19-15)25(2,23)24/h6-8,10H,3-5,9H2,1-2H3. The molecule has 0 N–H and O–H groups in total. The lowest BCUT2D eigenvalue weighted by Crippen LogP contribution is -2.35. The lowest BCUT2D eigenvalue weighted by Gasteiger charge is -2.32. The van der Waals surface area contributed by atoms with Crippen LogP contribution in [0.2, 0.25) is 10.0 Å². The maximum Gasteiger partial charge on any atom is 0.269 e. The van der Waals surface area contributed by atoms with Gasteiger partial charge in [-0.25, -0.2) is 8.42 Å². The van der Waals surface area contributed by atoms with E-state index in [9.17, 15) is 8.42 Å². The molecule has 1 atom stereocenters. The summed E-state index contributed by atoms with van der Waals surface area (Å²) in [7, 11) is -3.56. The van der Waals surface area contributed by atoms with Gasteiger partial charge in [0.25, 0.3) is 5.16 Å². The van der Waals surface area contributed by atoms with Crippen LogP contribution in [-0.4, -0.2) is 42.9 Å². The SMILES string of the molecule is CC1CCCN(c2nc(S(C)(=O)=O)nnc2-c2cc(Cl)cc(Cl)c2)C1. The normalized spacial score (nSPS) is 18.4. The van der Waals surface area contributed by atoms with Gasteiger partial charge in [-0.1, -0.05) is 30.1 Å². The van der Waals surface area contributed by atoms with Crippen molar-refractivity contribution < 1.29 is 8.42 Å². The monoisotopic (exact) mass is 400 g/mol. The summed E-state index contributed by atoms with van der Waals surface area (Å²) in [6.45, 7) is 3.73. The Morgan fingerprint density at radius 1 is 1.16 bits per heavy atom. The lowest BCUT2D eigenvalue weighted by atomic mass is 10.00. The van der Waals surface area contributed by atoms with Crippen LogP contribution in [0, 0.1) is 5.92 Å². The summed E-state index contributed by atoms with van der Waals surface area (Å²) in [6, 6.07) is 5.06. The smallest absolute Gasteiger partial charge is 0.269 e. The van der Waals surface area contributed by atoms with E-state index < -0.39 is 9.84 Å². The second-order valence-corrected chi connectivity index (χ2v) is 9.17. The molecular weight excluding hydrogens is 383 g/mol. The van der Waals surface area contributed by atoms with E-state index in [1.165, 1.54) is 0 Å². The maximum absolute atomic E-state index is 11.9. The summed E-state index contributed by atoms with van der Waals surface area (Å²) in [6.07, 6.45) is 3.21. The highest BCUT2D eigenvalue weighted by Crippen LogP contribution is 2.33. The van der Waals surface area contributed by atoms with E-state index in [1.54, 1.807) is 18.2 Å². The molecule has 0 aliphatic carbocycles. The van der Waals surface area contributed by atoms with Crippen molar-refractivity contribution in [1.29, 1.82) is 0 Å². The van der Waals surface area contributed by atoms with Crippen molar-refractivity contribution in [2.75, 3.05) is 24.2 Å². The predicted molar refractivity (Wildman–Crippen MR) is 99.0 cm³/mol. The van der Waals surface area contributed by atoms with Crippen LogP contribution < -0.4 is 4.90 Å². The van der Waals surface area contributed by atoms with Gasteiger partial charge in [0.2, 0.25) is 9.84 Å². The summed E-state index contributed by atoms with van der Waals surface area (Å²) in [4.78, 5) is 6.37. The third kappa shape index (κ3) is 4.22. The van der Waals surface area contributed by atoms with Crippen LogP contribution in [-0.2, 0) is 9.84 Å².